The molecule has 1 aromatic carbocycles. The highest BCUT2D eigenvalue weighted by Gasteiger charge is 2.22. The number of carbonyl (C=O) groups is 2. The van der Waals surface area contributed by atoms with E-state index in [1.807, 2.05) is 24.3 Å². The van der Waals surface area contributed by atoms with Gasteiger partial charge in [-0.15, -0.1) is 0 Å². The molecule has 1 rings (SSSR count). The molecule has 0 bridgehead atoms. The SMILES string of the molecule is CCS(=O)(=O)CCC(NC(=O)CCCOc1ccc(C(C)(C)C)cc1)C(=O)O. The second kappa shape index (κ2) is 10.5. The average Bonchev–Trinajstić information content (AvgIpc) is 2.61. The number of nitrogens with one attached hydrogen (secondary N) is 1. The number of rotatable bonds is 11. The molecule has 28 heavy (non-hydrogen) atoms. The standard InChI is InChI=1S/C20H31NO6S/c1-5-28(25,26)14-12-17(19(23)24)21-18(22)7-6-13-27-16-10-8-15(9-11-16)20(2,3)4/h8-11,17H,5-7,12-14H2,1-4H3,(H,21,22)(H,23,24). The summed E-state index contributed by atoms with van der Waals surface area (Å²) >= 11 is 0. The van der Waals surface area contributed by atoms with Crippen LogP contribution in [0.25, 0.3) is 0 Å². The minimum Gasteiger partial charge on any atom is -0.494 e. The highest BCUT2D eigenvalue weighted by molar-refractivity contribution is 7.91. The Morgan fingerprint density at radius 1 is 1.18 bits per heavy atom. The molecular weight excluding hydrogens is 382 g/mol. The van der Waals surface area contributed by atoms with Gasteiger partial charge in [-0.1, -0.05) is 39.8 Å². The number of benzene rings is 1. The van der Waals surface area contributed by atoms with Crippen LogP contribution in [0.3, 0.4) is 0 Å². The van der Waals surface area contributed by atoms with E-state index in [2.05, 4.69) is 26.1 Å². The monoisotopic (exact) mass is 413 g/mol. The summed E-state index contributed by atoms with van der Waals surface area (Å²) in [5, 5.41) is 11.5. The molecule has 1 aromatic rings. The van der Waals surface area contributed by atoms with Crippen LogP contribution >= 0.6 is 0 Å². The normalized spacial score (nSPS) is 13.0. The summed E-state index contributed by atoms with van der Waals surface area (Å²) in [6.07, 6.45) is 0.380. The third-order valence-electron chi connectivity index (χ3n) is 4.33. The van der Waals surface area contributed by atoms with Crippen LogP contribution in [-0.2, 0) is 24.8 Å². The van der Waals surface area contributed by atoms with Crippen molar-refractivity contribution in [1.82, 2.24) is 5.32 Å². The highest BCUT2D eigenvalue weighted by Crippen LogP contribution is 2.24. The lowest BCUT2D eigenvalue weighted by molar-refractivity contribution is -0.141. The Kier molecular flexibility index (Phi) is 8.94. The van der Waals surface area contributed by atoms with Crippen molar-refractivity contribution in [3.8, 4) is 5.75 Å². The number of sulfone groups is 1. The van der Waals surface area contributed by atoms with Crippen LogP contribution < -0.4 is 10.1 Å². The van der Waals surface area contributed by atoms with Crippen molar-refractivity contribution >= 4 is 21.7 Å². The van der Waals surface area contributed by atoms with Crippen LogP contribution in [0.15, 0.2) is 24.3 Å². The average molecular weight is 414 g/mol. The fourth-order valence-corrected chi connectivity index (χ4v) is 3.32. The molecule has 0 aliphatic rings. The number of carboxylic acid groups (broad SMARTS) is 1. The zero-order chi connectivity index (χ0) is 21.4. The van der Waals surface area contributed by atoms with Crippen molar-refractivity contribution in [2.75, 3.05) is 18.1 Å². The number of hydrogen-bond donors (Lipinski definition) is 2. The number of amides is 1. The first-order valence-corrected chi connectivity index (χ1v) is 11.2. The lowest BCUT2D eigenvalue weighted by Gasteiger charge is -2.19. The van der Waals surface area contributed by atoms with Crippen LogP contribution in [0.2, 0.25) is 0 Å². The first kappa shape index (κ1) is 23.9. The molecule has 0 aliphatic heterocycles. The maximum atomic E-state index is 11.9. The van der Waals surface area contributed by atoms with E-state index in [9.17, 15) is 18.0 Å². The fraction of sp³-hybridized carbons (Fsp3) is 0.600. The minimum atomic E-state index is -3.28. The van der Waals surface area contributed by atoms with Gasteiger partial charge in [0, 0.05) is 12.2 Å². The fourth-order valence-electron chi connectivity index (χ4n) is 2.44. The van der Waals surface area contributed by atoms with Gasteiger partial charge in [0.25, 0.3) is 0 Å². The Balaban J connectivity index is 2.39. The topological polar surface area (TPSA) is 110 Å². The molecule has 0 fully saturated rings. The molecule has 7 nitrogen and oxygen atoms in total. The van der Waals surface area contributed by atoms with Gasteiger partial charge in [-0.05, 0) is 36.0 Å². The van der Waals surface area contributed by atoms with E-state index in [0.717, 1.165) is 0 Å². The summed E-state index contributed by atoms with van der Waals surface area (Å²) < 4.78 is 28.6. The Hall–Kier alpha value is -2.09. The van der Waals surface area contributed by atoms with Crippen LogP contribution in [0, 0.1) is 0 Å². The Morgan fingerprint density at radius 3 is 2.29 bits per heavy atom. The van der Waals surface area contributed by atoms with E-state index in [-0.39, 0.29) is 29.8 Å². The summed E-state index contributed by atoms with van der Waals surface area (Å²) in [6, 6.07) is 6.57. The summed E-state index contributed by atoms with van der Waals surface area (Å²) in [5.41, 5.74) is 1.26. The summed E-state index contributed by atoms with van der Waals surface area (Å²) in [4.78, 5) is 23.2. The zero-order valence-electron chi connectivity index (χ0n) is 17.0. The van der Waals surface area contributed by atoms with Crippen LogP contribution in [0.4, 0.5) is 0 Å². The molecule has 1 unspecified atom stereocenters. The van der Waals surface area contributed by atoms with Crippen LogP contribution in [0.5, 0.6) is 5.75 Å². The van der Waals surface area contributed by atoms with Gasteiger partial charge < -0.3 is 15.2 Å². The van der Waals surface area contributed by atoms with E-state index < -0.39 is 27.8 Å². The first-order valence-electron chi connectivity index (χ1n) is 9.40. The van der Waals surface area contributed by atoms with Crippen LogP contribution in [-0.4, -0.2) is 49.6 Å². The molecule has 0 spiro atoms. The van der Waals surface area contributed by atoms with Crippen LogP contribution in [0.1, 0.15) is 52.5 Å². The lowest BCUT2D eigenvalue weighted by Crippen LogP contribution is -2.42. The van der Waals surface area contributed by atoms with Gasteiger partial charge in [-0.25, -0.2) is 13.2 Å². The largest absolute Gasteiger partial charge is 0.494 e. The van der Waals surface area contributed by atoms with Crippen molar-refractivity contribution in [1.29, 1.82) is 0 Å². The van der Waals surface area contributed by atoms with Crippen molar-refractivity contribution in [3.63, 3.8) is 0 Å². The van der Waals surface area contributed by atoms with Gasteiger partial charge in [0.15, 0.2) is 0 Å². The molecular formula is C20H31NO6S. The molecule has 0 aromatic heterocycles. The second-order valence-corrected chi connectivity index (χ2v) is 10.2. The minimum absolute atomic E-state index is 0.0542. The van der Waals surface area contributed by atoms with Gasteiger partial charge in [0.05, 0.1) is 12.4 Å². The number of carboxylic acids is 1. The van der Waals surface area contributed by atoms with E-state index in [0.29, 0.717) is 18.8 Å². The highest BCUT2D eigenvalue weighted by atomic mass is 32.2. The third-order valence-corrected chi connectivity index (χ3v) is 6.07. The number of carbonyl (C=O) groups excluding carboxylic acids is 1. The Bertz CT molecular complexity index is 750. The number of ether oxygens (including phenoxy) is 1. The molecule has 2 N–H and O–H groups in total. The van der Waals surface area contributed by atoms with Crippen molar-refractivity contribution in [2.24, 2.45) is 0 Å². The van der Waals surface area contributed by atoms with Gasteiger partial charge in [0.2, 0.25) is 5.91 Å². The lowest BCUT2D eigenvalue weighted by atomic mass is 9.87. The molecule has 0 aliphatic carbocycles. The van der Waals surface area contributed by atoms with E-state index in [1.54, 1.807) is 0 Å². The van der Waals surface area contributed by atoms with Gasteiger partial charge in [0.1, 0.15) is 21.6 Å². The molecule has 0 radical (unpaired) electrons. The Labute approximate surface area is 167 Å². The zero-order valence-corrected chi connectivity index (χ0v) is 17.8. The molecule has 8 heteroatoms. The van der Waals surface area contributed by atoms with Gasteiger partial charge in [-0.3, -0.25) is 4.79 Å². The molecule has 158 valence electrons. The van der Waals surface area contributed by atoms with Crippen molar-refractivity contribution in [3.05, 3.63) is 29.8 Å². The van der Waals surface area contributed by atoms with E-state index in [4.69, 9.17) is 9.84 Å². The second-order valence-electron chi connectivity index (χ2n) is 7.71. The maximum absolute atomic E-state index is 11.9. The molecule has 0 saturated carbocycles. The Morgan fingerprint density at radius 2 is 1.79 bits per heavy atom. The summed E-state index contributed by atoms with van der Waals surface area (Å²) in [5.74, 6) is -1.29. The molecule has 0 saturated heterocycles. The first-order chi connectivity index (χ1) is 12.9. The van der Waals surface area contributed by atoms with Crippen molar-refractivity contribution in [2.45, 2.75) is 58.4 Å². The smallest absolute Gasteiger partial charge is 0.326 e. The summed E-state index contributed by atoms with van der Waals surface area (Å²) in [6.45, 7) is 8.21. The third kappa shape index (κ3) is 8.73. The number of hydrogen-bond acceptors (Lipinski definition) is 5. The maximum Gasteiger partial charge on any atom is 0.326 e. The van der Waals surface area contributed by atoms with Gasteiger partial charge in [-0.2, -0.15) is 0 Å². The molecule has 0 heterocycles. The van der Waals surface area contributed by atoms with E-state index >= 15 is 0 Å². The predicted octanol–water partition coefficient (Wildman–Crippen LogP) is 2.54. The van der Waals surface area contributed by atoms with Gasteiger partial charge >= 0.3 is 5.97 Å². The van der Waals surface area contributed by atoms with E-state index in [1.165, 1.54) is 12.5 Å². The summed E-state index contributed by atoms with van der Waals surface area (Å²) in [7, 11) is -3.28. The van der Waals surface area contributed by atoms with Crippen molar-refractivity contribution < 1.29 is 27.9 Å². The number of aliphatic carboxylic acids is 1. The predicted molar refractivity (Wildman–Crippen MR) is 108 cm³/mol. The quantitative estimate of drug-likeness (QED) is 0.540. The molecule has 1 atom stereocenters. The molecule has 1 amide bonds.